The number of hydrogen-bond donors (Lipinski definition) is 0. The lowest BCUT2D eigenvalue weighted by Crippen LogP contribution is -2.12. The average molecular weight is 872 g/mol. The van der Waals surface area contributed by atoms with Crippen molar-refractivity contribution in [2.24, 2.45) is 0 Å². The monoisotopic (exact) mass is 871 g/mol. The van der Waals surface area contributed by atoms with E-state index in [1.165, 1.54) is 19.3 Å². The Hall–Kier alpha value is -8.51. The fraction of sp³-hybridized carbons (Fsp3) is 0.0741. The van der Waals surface area contributed by atoms with E-state index in [1.54, 1.807) is 12.4 Å². The molecule has 0 fully saturated rings. The molecule has 66 heavy (non-hydrogen) atoms. The van der Waals surface area contributed by atoms with Crippen LogP contribution < -0.4 is 9.47 Å². The summed E-state index contributed by atoms with van der Waals surface area (Å²) in [6.45, 7) is 1.53. The number of aromatic nitrogens is 7. The van der Waals surface area contributed by atoms with Crippen LogP contribution in [0.1, 0.15) is 24.8 Å². The zero-order chi connectivity index (χ0) is 44.5. The molecule has 0 aliphatic heterocycles. The summed E-state index contributed by atoms with van der Waals surface area (Å²) >= 11 is 0. The molecule has 1 atom stereocenters. The molecule has 6 heterocycles. The Labute approximate surface area is 374 Å². The Bertz CT molecular complexity index is 3590. The molecule has 0 spiro atoms. The first kappa shape index (κ1) is 39.1. The molecule has 1 unspecified atom stereocenters. The number of alkyl halides is 3. The fourth-order valence-corrected chi connectivity index (χ4v) is 9.25. The highest BCUT2D eigenvalue weighted by Crippen LogP contribution is 2.41. The number of pyridine rings is 2. The standard InChI is InChI=1S/C54H36F3N7O2/c1-33(30-54(55,56)57)34-31-60-53(61-32-34)64-49-28-37(65-35-16-20-41-39-10-2-4-12-45(39)62(47(41)26-35)51-14-6-8-24-58-51)18-22-43(49)44-23-19-38(29-50(44)64)66-36-17-21-42-40-11-3-5-13-46(40)63(48(42)27-36)52-15-7-9-25-59-52/h2-29,31-33H,30H2,1H3. The molecule has 0 saturated heterocycles. The quantitative estimate of drug-likeness (QED) is 0.144. The van der Waals surface area contributed by atoms with Gasteiger partial charge in [-0.25, -0.2) is 19.9 Å². The number of nitrogens with zero attached hydrogens (tertiary/aromatic N) is 7. The smallest absolute Gasteiger partial charge is 0.389 e. The Balaban J connectivity index is 0.966. The maximum absolute atomic E-state index is 13.4. The highest BCUT2D eigenvalue weighted by Gasteiger charge is 2.31. The van der Waals surface area contributed by atoms with E-state index in [1.807, 2.05) is 126 Å². The average Bonchev–Trinajstić information content (AvgIpc) is 3.96. The van der Waals surface area contributed by atoms with Gasteiger partial charge in [0.1, 0.15) is 34.6 Å². The summed E-state index contributed by atoms with van der Waals surface area (Å²) in [4.78, 5) is 18.7. The van der Waals surface area contributed by atoms with Gasteiger partial charge in [0.15, 0.2) is 0 Å². The van der Waals surface area contributed by atoms with E-state index in [2.05, 4.69) is 65.5 Å². The van der Waals surface area contributed by atoms with Gasteiger partial charge < -0.3 is 9.47 Å². The van der Waals surface area contributed by atoms with Crippen LogP contribution in [-0.4, -0.2) is 39.8 Å². The molecule has 0 saturated carbocycles. The molecule has 0 bridgehead atoms. The zero-order valence-electron chi connectivity index (χ0n) is 35.2. The molecule has 0 N–H and O–H groups in total. The number of fused-ring (bicyclic) bond motifs is 9. The van der Waals surface area contributed by atoms with Gasteiger partial charge in [0.25, 0.3) is 0 Å². The summed E-state index contributed by atoms with van der Waals surface area (Å²) in [5, 5.41) is 6.14. The predicted molar refractivity (Wildman–Crippen MR) is 253 cm³/mol. The third kappa shape index (κ3) is 6.73. The largest absolute Gasteiger partial charge is 0.457 e. The van der Waals surface area contributed by atoms with Crippen molar-refractivity contribution in [3.8, 4) is 40.6 Å². The number of ether oxygens (including phenoxy) is 2. The van der Waals surface area contributed by atoms with Crippen LogP contribution in [0, 0.1) is 0 Å². The summed E-state index contributed by atoms with van der Waals surface area (Å²) in [6, 6.07) is 52.0. The maximum atomic E-state index is 13.4. The lowest BCUT2D eigenvalue weighted by Gasteiger charge is -2.14. The van der Waals surface area contributed by atoms with E-state index in [4.69, 9.17) is 9.47 Å². The zero-order valence-corrected chi connectivity index (χ0v) is 35.2. The van der Waals surface area contributed by atoms with E-state index in [-0.39, 0.29) is 5.95 Å². The lowest BCUT2D eigenvalue weighted by molar-refractivity contribution is -0.137. The van der Waals surface area contributed by atoms with Gasteiger partial charge in [0.2, 0.25) is 5.95 Å². The molecule has 0 amide bonds. The van der Waals surface area contributed by atoms with E-state index < -0.39 is 18.5 Å². The van der Waals surface area contributed by atoms with Crippen molar-refractivity contribution in [1.82, 2.24) is 33.6 Å². The summed E-state index contributed by atoms with van der Waals surface area (Å²) < 4.78 is 59.6. The van der Waals surface area contributed by atoms with Gasteiger partial charge in [-0.15, -0.1) is 0 Å². The van der Waals surface area contributed by atoms with Gasteiger partial charge in [0, 0.05) is 81.4 Å². The normalized spacial score (nSPS) is 12.5. The maximum Gasteiger partial charge on any atom is 0.389 e. The molecular formula is C54H36F3N7O2. The second-order valence-electron chi connectivity index (χ2n) is 16.4. The molecule has 12 rings (SSSR count). The first-order valence-corrected chi connectivity index (χ1v) is 21.5. The van der Waals surface area contributed by atoms with Crippen molar-refractivity contribution in [2.75, 3.05) is 0 Å². The summed E-state index contributed by atoms with van der Waals surface area (Å²) in [5.74, 6) is 3.43. The van der Waals surface area contributed by atoms with Gasteiger partial charge in [-0.1, -0.05) is 55.5 Å². The highest BCUT2D eigenvalue weighted by molar-refractivity contribution is 6.11. The molecule has 6 aromatic heterocycles. The van der Waals surface area contributed by atoms with E-state index in [9.17, 15) is 13.2 Å². The van der Waals surface area contributed by atoms with Crippen LogP contribution in [0.15, 0.2) is 183 Å². The van der Waals surface area contributed by atoms with Crippen LogP contribution in [0.2, 0.25) is 0 Å². The second-order valence-corrected chi connectivity index (χ2v) is 16.4. The molecule has 9 nitrogen and oxygen atoms in total. The Morgan fingerprint density at radius 3 is 1.21 bits per heavy atom. The van der Waals surface area contributed by atoms with Crippen LogP contribution in [-0.2, 0) is 0 Å². The van der Waals surface area contributed by atoms with E-state index >= 15 is 0 Å². The van der Waals surface area contributed by atoms with E-state index in [0.29, 0.717) is 28.6 Å². The third-order valence-electron chi connectivity index (χ3n) is 12.2. The van der Waals surface area contributed by atoms with Crippen molar-refractivity contribution in [2.45, 2.75) is 25.4 Å². The molecule has 6 aromatic carbocycles. The highest BCUT2D eigenvalue weighted by atomic mass is 19.4. The fourth-order valence-electron chi connectivity index (χ4n) is 9.25. The molecule has 12 heteroatoms. The lowest BCUT2D eigenvalue weighted by atomic mass is 10.0. The van der Waals surface area contributed by atoms with Crippen molar-refractivity contribution in [3.63, 3.8) is 0 Å². The van der Waals surface area contributed by atoms with Crippen LogP contribution >= 0.6 is 0 Å². The van der Waals surface area contributed by atoms with Gasteiger partial charge in [0.05, 0.1) is 39.5 Å². The molecule has 12 aromatic rings. The minimum atomic E-state index is -4.32. The number of halogens is 3. The first-order valence-electron chi connectivity index (χ1n) is 21.5. The van der Waals surface area contributed by atoms with Crippen molar-refractivity contribution in [3.05, 3.63) is 188 Å². The van der Waals surface area contributed by atoms with Gasteiger partial charge >= 0.3 is 6.18 Å². The number of hydrogen-bond acceptors (Lipinski definition) is 6. The Morgan fingerprint density at radius 2 is 0.818 bits per heavy atom. The van der Waals surface area contributed by atoms with Gasteiger partial charge in [-0.3, -0.25) is 13.7 Å². The number of benzene rings is 6. The topological polar surface area (TPSA) is 84.8 Å². The van der Waals surface area contributed by atoms with Crippen LogP contribution in [0.25, 0.3) is 83.0 Å². The van der Waals surface area contributed by atoms with Crippen LogP contribution in [0.3, 0.4) is 0 Å². The molecular weight excluding hydrogens is 836 g/mol. The summed E-state index contributed by atoms with van der Waals surface area (Å²) in [5.41, 5.74) is 5.82. The molecule has 0 aliphatic carbocycles. The third-order valence-corrected chi connectivity index (χ3v) is 12.2. The molecule has 0 radical (unpaired) electrons. The van der Waals surface area contributed by atoms with Gasteiger partial charge in [-0.05, 0) is 96.4 Å². The number of para-hydroxylation sites is 2. The predicted octanol–water partition coefficient (Wildman–Crippen LogP) is 14.2. The SMILES string of the molecule is CC(CC(F)(F)F)c1cnc(-n2c3cc(Oc4ccc5c6ccccc6n(-c6ccccn6)c5c4)ccc3c3ccc(Oc4ccc5c6ccccc6n(-c6ccccn6)c5c4)cc32)nc1. The second kappa shape index (κ2) is 15.3. The van der Waals surface area contributed by atoms with Crippen LogP contribution in [0.5, 0.6) is 23.0 Å². The molecule has 320 valence electrons. The molecule has 0 aliphatic rings. The van der Waals surface area contributed by atoms with E-state index in [0.717, 1.165) is 77.1 Å². The van der Waals surface area contributed by atoms with Gasteiger partial charge in [-0.2, -0.15) is 13.2 Å². The van der Waals surface area contributed by atoms with Crippen molar-refractivity contribution < 1.29 is 22.6 Å². The first-order chi connectivity index (χ1) is 32.2. The van der Waals surface area contributed by atoms with Crippen molar-refractivity contribution >= 4 is 65.4 Å². The number of rotatable bonds is 9. The van der Waals surface area contributed by atoms with Crippen molar-refractivity contribution in [1.29, 1.82) is 0 Å². The minimum Gasteiger partial charge on any atom is -0.457 e. The Morgan fingerprint density at radius 1 is 0.439 bits per heavy atom. The minimum absolute atomic E-state index is 0.287. The summed E-state index contributed by atoms with van der Waals surface area (Å²) in [6.07, 6.45) is 1.21. The van der Waals surface area contributed by atoms with Crippen LogP contribution in [0.4, 0.5) is 13.2 Å². The Kier molecular flexibility index (Phi) is 9.09. The summed E-state index contributed by atoms with van der Waals surface area (Å²) in [7, 11) is 0.